The fourth-order valence-electron chi connectivity index (χ4n) is 1.51. The SMILES string of the molecule is CCOC(=O)C=CCCCOS(=O)(=O)c1ccc(C)cc1. The number of esters is 1. The van der Waals surface area contributed by atoms with E-state index in [0.29, 0.717) is 19.4 Å². The molecule has 0 atom stereocenters. The fourth-order valence-corrected chi connectivity index (χ4v) is 2.46. The average molecular weight is 312 g/mol. The summed E-state index contributed by atoms with van der Waals surface area (Å²) in [6.45, 7) is 4.02. The van der Waals surface area contributed by atoms with Crippen molar-refractivity contribution in [3.05, 3.63) is 42.0 Å². The molecular formula is C15H20O5S. The lowest BCUT2D eigenvalue weighted by Gasteiger charge is -2.05. The highest BCUT2D eigenvalue weighted by Crippen LogP contribution is 2.13. The van der Waals surface area contributed by atoms with Crippen molar-refractivity contribution in [1.82, 2.24) is 0 Å². The molecule has 0 bridgehead atoms. The summed E-state index contributed by atoms with van der Waals surface area (Å²) in [7, 11) is -3.70. The van der Waals surface area contributed by atoms with Gasteiger partial charge in [-0.25, -0.2) is 4.79 Å². The molecule has 1 aromatic carbocycles. The Hall–Kier alpha value is -1.66. The second-order valence-electron chi connectivity index (χ2n) is 4.39. The van der Waals surface area contributed by atoms with E-state index in [1.54, 1.807) is 25.1 Å². The maximum Gasteiger partial charge on any atom is 0.330 e. The van der Waals surface area contributed by atoms with Crippen molar-refractivity contribution in [1.29, 1.82) is 0 Å². The molecule has 0 spiro atoms. The number of hydrogen-bond donors (Lipinski definition) is 0. The summed E-state index contributed by atoms with van der Waals surface area (Å²) < 4.78 is 33.4. The van der Waals surface area contributed by atoms with Crippen LogP contribution in [-0.4, -0.2) is 27.6 Å². The van der Waals surface area contributed by atoms with Crippen molar-refractivity contribution in [3.63, 3.8) is 0 Å². The normalized spacial score (nSPS) is 11.7. The first kappa shape index (κ1) is 17.4. The van der Waals surface area contributed by atoms with Crippen molar-refractivity contribution in [3.8, 4) is 0 Å². The molecule has 0 N–H and O–H groups in total. The van der Waals surface area contributed by atoms with Gasteiger partial charge in [-0.15, -0.1) is 0 Å². The van der Waals surface area contributed by atoms with Crippen molar-refractivity contribution in [2.24, 2.45) is 0 Å². The van der Waals surface area contributed by atoms with Crippen LogP contribution in [0.5, 0.6) is 0 Å². The summed E-state index contributed by atoms with van der Waals surface area (Å²) in [5.74, 6) is -0.398. The number of hydrogen-bond acceptors (Lipinski definition) is 5. The van der Waals surface area contributed by atoms with Crippen molar-refractivity contribution < 1.29 is 22.1 Å². The number of benzene rings is 1. The van der Waals surface area contributed by atoms with Gasteiger partial charge in [0.2, 0.25) is 0 Å². The second-order valence-corrected chi connectivity index (χ2v) is 6.00. The van der Waals surface area contributed by atoms with Crippen LogP contribution < -0.4 is 0 Å². The van der Waals surface area contributed by atoms with Crippen molar-refractivity contribution >= 4 is 16.1 Å². The molecule has 0 radical (unpaired) electrons. The monoisotopic (exact) mass is 312 g/mol. The van der Waals surface area contributed by atoms with E-state index in [1.807, 2.05) is 6.92 Å². The minimum atomic E-state index is -3.70. The van der Waals surface area contributed by atoms with Gasteiger partial charge in [0.1, 0.15) is 0 Å². The van der Waals surface area contributed by atoms with Gasteiger partial charge in [0.25, 0.3) is 10.1 Å². The molecule has 0 fully saturated rings. The van der Waals surface area contributed by atoms with Gasteiger partial charge in [0.15, 0.2) is 0 Å². The third-order valence-corrected chi connectivity index (χ3v) is 3.93. The molecule has 6 heteroatoms. The number of rotatable bonds is 8. The number of unbranched alkanes of at least 4 members (excludes halogenated alkanes) is 1. The van der Waals surface area contributed by atoms with E-state index < -0.39 is 16.1 Å². The lowest BCUT2D eigenvalue weighted by atomic mass is 10.2. The van der Waals surface area contributed by atoms with Gasteiger partial charge in [0, 0.05) is 6.08 Å². The third-order valence-electron chi connectivity index (χ3n) is 2.60. The Bertz CT molecular complexity index is 573. The van der Waals surface area contributed by atoms with E-state index in [0.717, 1.165) is 5.56 Å². The third kappa shape index (κ3) is 6.55. The molecule has 1 aromatic rings. The smallest absolute Gasteiger partial charge is 0.330 e. The molecule has 0 saturated carbocycles. The zero-order valence-electron chi connectivity index (χ0n) is 12.2. The second kappa shape index (κ2) is 8.59. The summed E-state index contributed by atoms with van der Waals surface area (Å²) in [6, 6.07) is 6.48. The highest BCUT2D eigenvalue weighted by molar-refractivity contribution is 7.86. The van der Waals surface area contributed by atoms with Gasteiger partial charge in [-0.05, 0) is 38.8 Å². The summed E-state index contributed by atoms with van der Waals surface area (Å²) in [5, 5.41) is 0. The molecule has 1 rings (SSSR count). The minimum Gasteiger partial charge on any atom is -0.463 e. The van der Waals surface area contributed by atoms with E-state index in [1.165, 1.54) is 18.2 Å². The summed E-state index contributed by atoms with van der Waals surface area (Å²) in [6.07, 6.45) is 4.01. The zero-order chi connectivity index (χ0) is 15.7. The van der Waals surface area contributed by atoms with Crippen LogP contribution in [-0.2, 0) is 23.8 Å². The van der Waals surface area contributed by atoms with Crippen LogP contribution in [0.1, 0.15) is 25.3 Å². The molecule has 5 nitrogen and oxygen atoms in total. The molecule has 0 aliphatic carbocycles. The Labute approximate surface area is 125 Å². The molecule has 21 heavy (non-hydrogen) atoms. The van der Waals surface area contributed by atoms with Gasteiger partial charge in [-0.2, -0.15) is 8.42 Å². The lowest BCUT2D eigenvalue weighted by Crippen LogP contribution is -2.07. The summed E-state index contributed by atoms with van der Waals surface area (Å²) in [5.41, 5.74) is 0.984. The van der Waals surface area contributed by atoms with Gasteiger partial charge in [-0.1, -0.05) is 23.8 Å². The molecule has 0 aromatic heterocycles. The molecule has 0 aliphatic heterocycles. The predicted molar refractivity (Wildman–Crippen MR) is 79.3 cm³/mol. The topological polar surface area (TPSA) is 69.7 Å². The summed E-state index contributed by atoms with van der Waals surface area (Å²) >= 11 is 0. The van der Waals surface area contributed by atoms with Crippen molar-refractivity contribution in [2.45, 2.75) is 31.6 Å². The molecule has 0 unspecified atom stereocenters. The average Bonchev–Trinajstić information content (AvgIpc) is 2.43. The minimum absolute atomic E-state index is 0.0728. The van der Waals surface area contributed by atoms with Crippen LogP contribution in [0.25, 0.3) is 0 Å². The predicted octanol–water partition coefficient (Wildman–Crippen LogP) is 2.60. The van der Waals surface area contributed by atoms with E-state index in [9.17, 15) is 13.2 Å². The molecule has 116 valence electrons. The Morgan fingerprint density at radius 3 is 2.52 bits per heavy atom. The highest BCUT2D eigenvalue weighted by Gasteiger charge is 2.13. The quantitative estimate of drug-likeness (QED) is 0.319. The number of allylic oxidation sites excluding steroid dienone is 1. The van der Waals surface area contributed by atoms with Crippen LogP contribution in [0.3, 0.4) is 0 Å². The van der Waals surface area contributed by atoms with E-state index >= 15 is 0 Å². The van der Waals surface area contributed by atoms with Gasteiger partial charge in [-0.3, -0.25) is 4.18 Å². The lowest BCUT2D eigenvalue weighted by molar-refractivity contribution is -0.137. The standard InChI is InChI=1S/C15H20O5S/c1-3-19-15(16)7-5-4-6-12-20-21(17,18)14-10-8-13(2)9-11-14/h5,7-11H,3-4,6,12H2,1-2H3. The van der Waals surface area contributed by atoms with Crippen LogP contribution >= 0.6 is 0 Å². The van der Waals surface area contributed by atoms with E-state index in [2.05, 4.69) is 0 Å². The zero-order valence-corrected chi connectivity index (χ0v) is 13.1. The van der Waals surface area contributed by atoms with Gasteiger partial charge in [0.05, 0.1) is 18.1 Å². The number of carbonyl (C=O) groups is 1. The Balaban J connectivity index is 2.35. The molecule has 0 heterocycles. The maximum absolute atomic E-state index is 11.9. The molecular weight excluding hydrogens is 292 g/mol. The van der Waals surface area contributed by atoms with Gasteiger partial charge < -0.3 is 4.74 Å². The van der Waals surface area contributed by atoms with Gasteiger partial charge >= 0.3 is 5.97 Å². The Kier molecular flexibility index (Phi) is 7.11. The Morgan fingerprint density at radius 2 is 1.90 bits per heavy atom. The summed E-state index contributed by atoms with van der Waals surface area (Å²) in [4.78, 5) is 11.2. The van der Waals surface area contributed by atoms with Crippen LogP contribution in [0.15, 0.2) is 41.3 Å². The van der Waals surface area contributed by atoms with Crippen LogP contribution in [0.2, 0.25) is 0 Å². The van der Waals surface area contributed by atoms with E-state index in [4.69, 9.17) is 8.92 Å². The first-order valence-corrected chi connectivity index (χ1v) is 8.16. The molecule has 0 amide bonds. The maximum atomic E-state index is 11.9. The molecule has 0 saturated heterocycles. The number of carbonyl (C=O) groups excluding carboxylic acids is 1. The van der Waals surface area contributed by atoms with E-state index in [-0.39, 0.29) is 11.5 Å². The highest BCUT2D eigenvalue weighted by atomic mass is 32.2. The first-order chi connectivity index (χ1) is 9.95. The first-order valence-electron chi connectivity index (χ1n) is 6.75. The number of ether oxygens (including phenoxy) is 1. The van der Waals surface area contributed by atoms with Crippen LogP contribution in [0, 0.1) is 6.92 Å². The number of aryl methyl sites for hydroxylation is 1. The largest absolute Gasteiger partial charge is 0.463 e. The fraction of sp³-hybridized carbons (Fsp3) is 0.400. The Morgan fingerprint density at radius 1 is 1.24 bits per heavy atom. The van der Waals surface area contributed by atoms with Crippen LogP contribution in [0.4, 0.5) is 0 Å². The molecule has 0 aliphatic rings. The van der Waals surface area contributed by atoms with Crippen molar-refractivity contribution in [2.75, 3.05) is 13.2 Å².